The maximum Gasteiger partial charge on any atom is 0.319 e. The van der Waals surface area contributed by atoms with Crippen molar-refractivity contribution in [3.63, 3.8) is 0 Å². The van der Waals surface area contributed by atoms with Crippen molar-refractivity contribution in [2.24, 2.45) is 5.41 Å². The van der Waals surface area contributed by atoms with Crippen LogP contribution >= 0.6 is 23.2 Å². The summed E-state index contributed by atoms with van der Waals surface area (Å²) in [5.74, 6) is -1.35. The van der Waals surface area contributed by atoms with Gasteiger partial charge in [0.15, 0.2) is 0 Å². The number of ether oxygens (including phenoxy) is 1. The van der Waals surface area contributed by atoms with Crippen LogP contribution in [0.5, 0.6) is 5.88 Å². The number of amides is 1. The van der Waals surface area contributed by atoms with Crippen molar-refractivity contribution in [1.82, 2.24) is 10.3 Å². The second kappa shape index (κ2) is 5.85. The van der Waals surface area contributed by atoms with E-state index in [1.165, 1.54) is 12.3 Å². The summed E-state index contributed by atoms with van der Waals surface area (Å²) in [5, 5.41) is 12.1. The fraction of sp³-hybridized carbons (Fsp3) is 0.417. The van der Waals surface area contributed by atoms with Crippen LogP contribution in [-0.4, -0.2) is 35.1 Å². The van der Waals surface area contributed by atoms with E-state index in [9.17, 15) is 9.59 Å². The van der Waals surface area contributed by atoms with Crippen molar-refractivity contribution in [3.05, 3.63) is 22.3 Å². The van der Waals surface area contributed by atoms with Gasteiger partial charge in [-0.05, 0) is 18.9 Å². The Morgan fingerprint density at radius 3 is 2.70 bits per heavy atom. The maximum absolute atomic E-state index is 11.7. The monoisotopic (exact) mass is 318 g/mol. The Morgan fingerprint density at radius 2 is 2.15 bits per heavy atom. The van der Waals surface area contributed by atoms with Crippen LogP contribution in [0.2, 0.25) is 10.0 Å². The third kappa shape index (κ3) is 3.13. The maximum atomic E-state index is 11.7. The van der Waals surface area contributed by atoms with E-state index in [0.717, 1.165) is 0 Å². The van der Waals surface area contributed by atoms with Gasteiger partial charge < -0.3 is 15.2 Å². The summed E-state index contributed by atoms with van der Waals surface area (Å²) in [5.41, 5.74) is -1.24. The summed E-state index contributed by atoms with van der Waals surface area (Å²) in [6.07, 6.45) is 2.14. The molecule has 0 aliphatic heterocycles. The zero-order chi connectivity index (χ0) is 14.8. The molecule has 0 atom stereocenters. The first kappa shape index (κ1) is 14.9. The number of carboxylic acid groups (broad SMARTS) is 1. The molecule has 0 spiro atoms. The van der Waals surface area contributed by atoms with Crippen LogP contribution < -0.4 is 10.1 Å². The first-order valence-electron chi connectivity index (χ1n) is 5.91. The molecule has 1 aliphatic rings. The van der Waals surface area contributed by atoms with Gasteiger partial charge in [-0.3, -0.25) is 9.59 Å². The third-order valence-corrected chi connectivity index (χ3v) is 3.47. The van der Waals surface area contributed by atoms with Gasteiger partial charge in [-0.15, -0.1) is 0 Å². The predicted octanol–water partition coefficient (Wildman–Crippen LogP) is 1.75. The first-order chi connectivity index (χ1) is 9.45. The second-order valence-electron chi connectivity index (χ2n) is 4.43. The minimum Gasteiger partial charge on any atom is -0.480 e. The highest BCUT2D eigenvalue weighted by Crippen LogP contribution is 2.45. The molecule has 108 valence electrons. The number of hydrogen-bond acceptors (Lipinski definition) is 4. The Hall–Kier alpha value is -1.53. The molecule has 0 bridgehead atoms. The average Bonchev–Trinajstić information content (AvgIpc) is 3.17. The quantitative estimate of drug-likeness (QED) is 0.616. The fourth-order valence-electron chi connectivity index (χ4n) is 1.65. The molecular formula is C12H12Cl2N2O4. The van der Waals surface area contributed by atoms with Gasteiger partial charge in [0.1, 0.15) is 17.0 Å². The molecular weight excluding hydrogens is 307 g/mol. The van der Waals surface area contributed by atoms with E-state index in [0.29, 0.717) is 17.9 Å². The van der Waals surface area contributed by atoms with Gasteiger partial charge in [0.2, 0.25) is 11.8 Å². The van der Waals surface area contributed by atoms with Gasteiger partial charge in [-0.2, -0.15) is 0 Å². The van der Waals surface area contributed by atoms with E-state index in [1.54, 1.807) is 0 Å². The van der Waals surface area contributed by atoms with Gasteiger partial charge in [0.25, 0.3) is 0 Å². The summed E-state index contributed by atoms with van der Waals surface area (Å²) in [6.45, 7) is 0.310. The third-order valence-electron chi connectivity index (χ3n) is 2.99. The summed E-state index contributed by atoms with van der Waals surface area (Å²) in [7, 11) is 0. The molecule has 1 aliphatic carbocycles. The highest BCUT2D eigenvalue weighted by Gasteiger charge is 2.56. The van der Waals surface area contributed by atoms with E-state index >= 15 is 0 Å². The fourth-order valence-corrected chi connectivity index (χ4v) is 2.09. The molecule has 0 saturated heterocycles. The van der Waals surface area contributed by atoms with Crippen molar-refractivity contribution < 1.29 is 19.4 Å². The summed E-state index contributed by atoms with van der Waals surface area (Å²) in [6, 6.07) is 1.49. The van der Waals surface area contributed by atoms with E-state index in [2.05, 4.69) is 10.3 Å². The van der Waals surface area contributed by atoms with Gasteiger partial charge in [0.05, 0.1) is 11.6 Å². The molecule has 2 N–H and O–H groups in total. The number of pyridine rings is 1. The van der Waals surface area contributed by atoms with Gasteiger partial charge in [0, 0.05) is 6.20 Å². The van der Waals surface area contributed by atoms with Crippen LogP contribution in [0.15, 0.2) is 12.3 Å². The number of carbonyl (C=O) groups is 2. The van der Waals surface area contributed by atoms with E-state index < -0.39 is 17.3 Å². The number of nitrogens with one attached hydrogen (secondary N) is 1. The number of hydrogen-bond donors (Lipinski definition) is 2. The minimum absolute atomic E-state index is 0.135. The number of halogens is 2. The van der Waals surface area contributed by atoms with Crippen LogP contribution in [0.1, 0.15) is 12.8 Å². The Labute approximate surface area is 125 Å². The van der Waals surface area contributed by atoms with E-state index in [-0.39, 0.29) is 24.1 Å². The molecule has 1 amide bonds. The van der Waals surface area contributed by atoms with E-state index in [1.807, 2.05) is 0 Å². The number of rotatable bonds is 6. The zero-order valence-corrected chi connectivity index (χ0v) is 11.9. The summed E-state index contributed by atoms with van der Waals surface area (Å²) >= 11 is 11.5. The molecule has 1 heterocycles. The number of aliphatic carboxylic acids is 1. The van der Waals surface area contributed by atoms with Crippen LogP contribution in [0.4, 0.5) is 0 Å². The minimum atomic E-state index is -1.24. The molecule has 1 aromatic rings. The molecule has 6 nitrogen and oxygen atoms in total. The molecule has 2 rings (SSSR count). The number of carboxylic acids is 1. The van der Waals surface area contributed by atoms with Gasteiger partial charge >= 0.3 is 5.97 Å². The molecule has 1 fully saturated rings. The standard InChI is InChI=1S/C12H12Cl2N2O4/c13-7-5-8(14)9(16-6-7)20-4-3-15-10(17)12(1-2-12)11(18)19/h5-6H,1-4H2,(H,15,17)(H,18,19). The highest BCUT2D eigenvalue weighted by atomic mass is 35.5. The lowest BCUT2D eigenvalue weighted by atomic mass is 10.1. The molecule has 0 aromatic carbocycles. The van der Waals surface area contributed by atoms with E-state index in [4.69, 9.17) is 33.0 Å². The number of carbonyl (C=O) groups excluding carboxylic acids is 1. The van der Waals surface area contributed by atoms with Crippen LogP contribution in [-0.2, 0) is 9.59 Å². The summed E-state index contributed by atoms with van der Waals surface area (Å²) < 4.78 is 5.27. The lowest BCUT2D eigenvalue weighted by Crippen LogP contribution is -2.38. The predicted molar refractivity (Wildman–Crippen MR) is 72.1 cm³/mol. The molecule has 20 heavy (non-hydrogen) atoms. The smallest absolute Gasteiger partial charge is 0.319 e. The number of nitrogens with zero attached hydrogens (tertiary/aromatic N) is 1. The lowest BCUT2D eigenvalue weighted by Gasteiger charge is -2.11. The van der Waals surface area contributed by atoms with Crippen molar-refractivity contribution in [2.45, 2.75) is 12.8 Å². The van der Waals surface area contributed by atoms with Crippen LogP contribution in [0.25, 0.3) is 0 Å². The first-order valence-corrected chi connectivity index (χ1v) is 6.67. The molecule has 0 radical (unpaired) electrons. The Bertz CT molecular complexity index is 546. The molecule has 0 unspecified atom stereocenters. The van der Waals surface area contributed by atoms with Crippen molar-refractivity contribution in [3.8, 4) is 5.88 Å². The lowest BCUT2D eigenvalue weighted by molar-refractivity contribution is -0.149. The SMILES string of the molecule is O=C(O)C1(C(=O)NCCOc2ncc(Cl)cc2Cl)CC1. The molecule has 1 aromatic heterocycles. The van der Waals surface area contributed by atoms with Crippen molar-refractivity contribution in [2.75, 3.05) is 13.2 Å². The highest BCUT2D eigenvalue weighted by molar-refractivity contribution is 6.35. The Kier molecular flexibility index (Phi) is 4.35. The largest absolute Gasteiger partial charge is 0.480 e. The number of aromatic nitrogens is 1. The zero-order valence-electron chi connectivity index (χ0n) is 10.4. The normalized spacial score (nSPS) is 15.5. The Morgan fingerprint density at radius 1 is 1.45 bits per heavy atom. The molecule has 8 heteroatoms. The Balaban J connectivity index is 1.77. The van der Waals surface area contributed by atoms with Crippen molar-refractivity contribution >= 4 is 35.1 Å². The van der Waals surface area contributed by atoms with Crippen molar-refractivity contribution in [1.29, 1.82) is 0 Å². The van der Waals surface area contributed by atoms with Gasteiger partial charge in [-0.1, -0.05) is 23.2 Å². The van der Waals surface area contributed by atoms with Crippen LogP contribution in [0, 0.1) is 5.41 Å². The average molecular weight is 319 g/mol. The second-order valence-corrected chi connectivity index (χ2v) is 5.28. The molecule has 1 saturated carbocycles. The summed E-state index contributed by atoms with van der Waals surface area (Å²) in [4.78, 5) is 26.5. The topological polar surface area (TPSA) is 88.5 Å². The van der Waals surface area contributed by atoms with Crippen LogP contribution in [0.3, 0.4) is 0 Å². The van der Waals surface area contributed by atoms with Gasteiger partial charge in [-0.25, -0.2) is 4.98 Å².